The summed E-state index contributed by atoms with van der Waals surface area (Å²) in [7, 11) is -3.85. The molecule has 2 rings (SSSR count). The fraction of sp³-hybridized carbons (Fsp3) is 0.308. The third-order valence-electron chi connectivity index (χ3n) is 2.96. The Morgan fingerprint density at radius 2 is 2.14 bits per heavy atom. The zero-order valence-electron chi connectivity index (χ0n) is 11.8. The molecule has 2 aromatic rings. The van der Waals surface area contributed by atoms with Crippen LogP contribution in [0.3, 0.4) is 0 Å². The van der Waals surface area contributed by atoms with Crippen LogP contribution in [-0.2, 0) is 16.6 Å². The molecule has 1 heterocycles. The van der Waals surface area contributed by atoms with E-state index in [4.69, 9.17) is 0 Å². The zero-order chi connectivity index (χ0) is 15.5. The highest BCUT2D eigenvalue weighted by Crippen LogP contribution is 2.21. The maximum Gasteiger partial charge on any atom is 0.279 e. The predicted molar refractivity (Wildman–Crippen MR) is 77.9 cm³/mol. The van der Waals surface area contributed by atoms with E-state index in [0.29, 0.717) is 24.2 Å². The largest absolute Gasteiger partial charge is 0.313 e. The Morgan fingerprint density at radius 3 is 2.86 bits per heavy atom. The molecule has 0 saturated heterocycles. The standard InChI is InChI=1S/C13H17FN4O2S/c1-3-15-7-10-8-16-17-13(10)21(19,20)18-12-6-11(14)5-4-9(12)2/h4-6,8,15,18H,3,7H2,1-2H3,(H,16,17). The molecule has 0 aliphatic heterocycles. The average Bonchev–Trinajstić information content (AvgIpc) is 2.89. The Labute approximate surface area is 122 Å². The highest BCUT2D eigenvalue weighted by molar-refractivity contribution is 7.92. The lowest BCUT2D eigenvalue weighted by molar-refractivity contribution is 0.594. The Kier molecular flexibility index (Phi) is 4.59. The molecule has 0 aliphatic carbocycles. The first-order valence-electron chi connectivity index (χ1n) is 6.46. The molecule has 1 aromatic carbocycles. The van der Waals surface area contributed by atoms with Gasteiger partial charge in [0, 0.05) is 12.1 Å². The van der Waals surface area contributed by atoms with Crippen molar-refractivity contribution in [2.75, 3.05) is 11.3 Å². The van der Waals surface area contributed by atoms with Gasteiger partial charge in [0.05, 0.1) is 11.9 Å². The van der Waals surface area contributed by atoms with Gasteiger partial charge in [0.15, 0.2) is 5.03 Å². The Morgan fingerprint density at radius 1 is 1.38 bits per heavy atom. The molecule has 0 unspecified atom stereocenters. The molecule has 0 amide bonds. The summed E-state index contributed by atoms with van der Waals surface area (Å²) in [5.41, 5.74) is 1.37. The number of anilines is 1. The summed E-state index contributed by atoms with van der Waals surface area (Å²) < 4.78 is 40.4. The van der Waals surface area contributed by atoms with Crippen LogP contribution < -0.4 is 10.0 Å². The van der Waals surface area contributed by atoms with Crippen molar-refractivity contribution >= 4 is 15.7 Å². The predicted octanol–water partition coefficient (Wildman–Crippen LogP) is 1.77. The van der Waals surface area contributed by atoms with Crippen LogP contribution in [-0.4, -0.2) is 25.2 Å². The lowest BCUT2D eigenvalue weighted by Gasteiger charge is -2.11. The van der Waals surface area contributed by atoms with Crippen molar-refractivity contribution in [2.45, 2.75) is 25.4 Å². The first kappa shape index (κ1) is 15.5. The van der Waals surface area contributed by atoms with Gasteiger partial charge in [-0.2, -0.15) is 13.5 Å². The molecule has 0 atom stereocenters. The summed E-state index contributed by atoms with van der Waals surface area (Å²) in [6.07, 6.45) is 1.45. The number of aromatic amines is 1. The van der Waals surface area contributed by atoms with E-state index in [2.05, 4.69) is 20.2 Å². The number of halogens is 1. The maximum atomic E-state index is 13.2. The van der Waals surface area contributed by atoms with Crippen molar-refractivity contribution in [1.82, 2.24) is 15.5 Å². The molecule has 21 heavy (non-hydrogen) atoms. The minimum absolute atomic E-state index is 0.0212. The molecule has 114 valence electrons. The lowest BCUT2D eigenvalue weighted by atomic mass is 10.2. The van der Waals surface area contributed by atoms with Crippen LogP contribution >= 0.6 is 0 Å². The molecule has 0 radical (unpaired) electrons. The first-order valence-corrected chi connectivity index (χ1v) is 7.94. The molecule has 0 fully saturated rings. The molecule has 3 N–H and O–H groups in total. The summed E-state index contributed by atoms with van der Waals surface area (Å²) in [5, 5.41) is 9.25. The second kappa shape index (κ2) is 6.23. The number of rotatable bonds is 6. The molecule has 1 aromatic heterocycles. The number of nitrogens with zero attached hydrogens (tertiary/aromatic N) is 1. The van der Waals surface area contributed by atoms with Gasteiger partial charge in [-0.3, -0.25) is 9.82 Å². The van der Waals surface area contributed by atoms with Gasteiger partial charge in [-0.25, -0.2) is 4.39 Å². The molecule has 0 aliphatic rings. The summed E-state index contributed by atoms with van der Waals surface area (Å²) in [6.45, 7) is 4.71. The van der Waals surface area contributed by atoms with Gasteiger partial charge in [0.2, 0.25) is 0 Å². The number of H-pyrrole nitrogens is 1. The summed E-state index contributed by atoms with van der Waals surface area (Å²) in [6, 6.07) is 3.94. The van der Waals surface area contributed by atoms with Crippen LogP contribution in [0.4, 0.5) is 10.1 Å². The minimum atomic E-state index is -3.85. The molecule has 0 spiro atoms. The smallest absolute Gasteiger partial charge is 0.279 e. The highest BCUT2D eigenvalue weighted by Gasteiger charge is 2.21. The minimum Gasteiger partial charge on any atom is -0.313 e. The van der Waals surface area contributed by atoms with Gasteiger partial charge >= 0.3 is 0 Å². The van der Waals surface area contributed by atoms with Gasteiger partial charge in [0.1, 0.15) is 5.82 Å². The molecule has 0 saturated carbocycles. The number of aromatic nitrogens is 2. The van der Waals surface area contributed by atoms with Crippen LogP contribution in [0.15, 0.2) is 29.4 Å². The van der Waals surface area contributed by atoms with Crippen molar-refractivity contribution in [3.05, 3.63) is 41.3 Å². The second-order valence-corrected chi connectivity index (χ2v) is 6.19. The Bertz CT molecular complexity index is 728. The molecule has 6 nitrogen and oxygen atoms in total. The second-order valence-electron chi connectivity index (χ2n) is 4.57. The fourth-order valence-corrected chi connectivity index (χ4v) is 3.07. The monoisotopic (exact) mass is 312 g/mol. The molecular formula is C13H17FN4O2S. The normalized spacial score (nSPS) is 11.6. The van der Waals surface area contributed by atoms with Gasteiger partial charge in [-0.05, 0) is 31.2 Å². The van der Waals surface area contributed by atoms with Crippen molar-refractivity contribution in [3.63, 3.8) is 0 Å². The number of hydrogen-bond donors (Lipinski definition) is 3. The third-order valence-corrected chi connectivity index (χ3v) is 4.34. The molecule has 8 heteroatoms. The van der Waals surface area contributed by atoms with Crippen molar-refractivity contribution in [2.24, 2.45) is 0 Å². The van der Waals surface area contributed by atoms with E-state index < -0.39 is 15.8 Å². The number of benzene rings is 1. The number of sulfonamides is 1. The number of nitrogens with one attached hydrogen (secondary N) is 3. The molecular weight excluding hydrogens is 295 g/mol. The van der Waals surface area contributed by atoms with E-state index in [1.54, 1.807) is 6.92 Å². The van der Waals surface area contributed by atoms with Crippen LogP contribution in [0.2, 0.25) is 0 Å². The van der Waals surface area contributed by atoms with Crippen LogP contribution in [0, 0.1) is 12.7 Å². The van der Waals surface area contributed by atoms with Crippen LogP contribution in [0.5, 0.6) is 0 Å². The third kappa shape index (κ3) is 3.59. The van der Waals surface area contributed by atoms with E-state index in [0.717, 1.165) is 6.07 Å². The molecule has 0 bridgehead atoms. The van der Waals surface area contributed by atoms with E-state index >= 15 is 0 Å². The highest BCUT2D eigenvalue weighted by atomic mass is 32.2. The maximum absolute atomic E-state index is 13.2. The fourth-order valence-electron chi connectivity index (χ4n) is 1.82. The van der Waals surface area contributed by atoms with E-state index in [1.165, 1.54) is 18.3 Å². The zero-order valence-corrected chi connectivity index (χ0v) is 12.6. The van der Waals surface area contributed by atoms with Gasteiger partial charge in [0.25, 0.3) is 10.0 Å². The number of aryl methyl sites for hydroxylation is 1. The van der Waals surface area contributed by atoms with Gasteiger partial charge in [-0.15, -0.1) is 0 Å². The first-order chi connectivity index (χ1) is 9.94. The summed E-state index contributed by atoms with van der Waals surface area (Å²) in [5.74, 6) is -0.504. The van der Waals surface area contributed by atoms with Crippen molar-refractivity contribution < 1.29 is 12.8 Å². The summed E-state index contributed by atoms with van der Waals surface area (Å²) in [4.78, 5) is 0. The van der Waals surface area contributed by atoms with E-state index in [1.807, 2.05) is 6.92 Å². The Balaban J connectivity index is 2.30. The van der Waals surface area contributed by atoms with Crippen molar-refractivity contribution in [3.8, 4) is 0 Å². The van der Waals surface area contributed by atoms with Gasteiger partial charge < -0.3 is 5.32 Å². The lowest BCUT2D eigenvalue weighted by Crippen LogP contribution is -2.19. The average molecular weight is 312 g/mol. The number of hydrogen-bond acceptors (Lipinski definition) is 4. The van der Waals surface area contributed by atoms with E-state index in [-0.39, 0.29) is 10.7 Å². The summed E-state index contributed by atoms with van der Waals surface area (Å²) >= 11 is 0. The SMILES string of the molecule is CCNCc1cn[nH]c1S(=O)(=O)Nc1cc(F)ccc1C. The van der Waals surface area contributed by atoms with Crippen LogP contribution in [0.25, 0.3) is 0 Å². The van der Waals surface area contributed by atoms with E-state index in [9.17, 15) is 12.8 Å². The van der Waals surface area contributed by atoms with Crippen molar-refractivity contribution in [1.29, 1.82) is 0 Å². The quantitative estimate of drug-likeness (QED) is 0.758. The Hall–Kier alpha value is -1.93. The van der Waals surface area contributed by atoms with Crippen LogP contribution in [0.1, 0.15) is 18.1 Å². The topological polar surface area (TPSA) is 86.9 Å². The van der Waals surface area contributed by atoms with Gasteiger partial charge in [-0.1, -0.05) is 13.0 Å².